The number of hydrogen-bond donors (Lipinski definition) is 0. The van der Waals surface area contributed by atoms with Gasteiger partial charge in [-0.05, 0) is 19.1 Å². The van der Waals surface area contributed by atoms with Gasteiger partial charge in [-0.1, -0.05) is 17.7 Å². The largest absolute Gasteiger partial charge is 0.438 e. The minimum Gasteiger partial charge on any atom is -0.438 e. The Morgan fingerprint density at radius 3 is 2.44 bits per heavy atom. The molecule has 0 amide bonds. The molecule has 2 aromatic rings. The number of aromatic nitrogens is 2. The Kier molecular flexibility index (Phi) is 2.91. The molecular weight excluding hydrogens is 204 g/mol. The molecule has 1 aromatic heterocycles. The molecule has 0 aliphatic heterocycles. The van der Waals surface area contributed by atoms with E-state index in [1.807, 2.05) is 31.2 Å². The second kappa shape index (κ2) is 4.53. The van der Waals surface area contributed by atoms with Crippen molar-refractivity contribution in [1.29, 1.82) is 0 Å². The van der Waals surface area contributed by atoms with Gasteiger partial charge in [0.2, 0.25) is 5.88 Å². The first-order valence-corrected chi connectivity index (χ1v) is 4.79. The van der Waals surface area contributed by atoms with Crippen LogP contribution in [0.25, 0.3) is 0 Å². The van der Waals surface area contributed by atoms with Gasteiger partial charge in [0.1, 0.15) is 11.4 Å². The number of benzene rings is 1. The summed E-state index contributed by atoms with van der Waals surface area (Å²) < 4.78 is 5.44. The van der Waals surface area contributed by atoms with Crippen LogP contribution in [0, 0.1) is 6.92 Å². The van der Waals surface area contributed by atoms with Crippen LogP contribution in [-0.2, 0) is 0 Å². The standard InChI is InChI=1S/C12H10N2O2/c1-9-2-4-11(5-3-9)16-12-7-13-10(8-15)6-14-12/h2-8H,1H3. The zero-order chi connectivity index (χ0) is 11.4. The van der Waals surface area contributed by atoms with E-state index in [1.54, 1.807) is 0 Å². The summed E-state index contributed by atoms with van der Waals surface area (Å²) in [5, 5.41) is 0. The lowest BCUT2D eigenvalue weighted by Crippen LogP contribution is -1.92. The van der Waals surface area contributed by atoms with Crippen molar-refractivity contribution in [2.75, 3.05) is 0 Å². The molecular formula is C12H10N2O2. The fourth-order valence-electron chi connectivity index (χ4n) is 1.17. The lowest BCUT2D eigenvalue weighted by molar-refractivity contribution is 0.111. The van der Waals surface area contributed by atoms with Crippen LogP contribution in [0.5, 0.6) is 11.6 Å². The van der Waals surface area contributed by atoms with Crippen molar-refractivity contribution in [3.8, 4) is 11.6 Å². The lowest BCUT2D eigenvalue weighted by atomic mass is 10.2. The number of rotatable bonds is 3. The molecule has 0 unspecified atom stereocenters. The van der Waals surface area contributed by atoms with Crippen molar-refractivity contribution < 1.29 is 9.53 Å². The van der Waals surface area contributed by atoms with E-state index in [4.69, 9.17) is 4.74 Å². The van der Waals surface area contributed by atoms with Gasteiger partial charge in [0.15, 0.2) is 6.29 Å². The van der Waals surface area contributed by atoms with Crippen molar-refractivity contribution in [3.63, 3.8) is 0 Å². The van der Waals surface area contributed by atoms with E-state index in [-0.39, 0.29) is 5.69 Å². The van der Waals surface area contributed by atoms with Gasteiger partial charge in [-0.3, -0.25) is 4.79 Å². The van der Waals surface area contributed by atoms with Gasteiger partial charge < -0.3 is 4.74 Å². The highest BCUT2D eigenvalue weighted by molar-refractivity contribution is 5.70. The summed E-state index contributed by atoms with van der Waals surface area (Å²) in [7, 11) is 0. The molecule has 0 aliphatic rings. The zero-order valence-corrected chi connectivity index (χ0v) is 8.75. The molecule has 0 N–H and O–H groups in total. The van der Waals surface area contributed by atoms with Crippen molar-refractivity contribution in [3.05, 3.63) is 47.9 Å². The molecule has 0 saturated carbocycles. The van der Waals surface area contributed by atoms with Gasteiger partial charge in [-0.25, -0.2) is 9.97 Å². The fourth-order valence-corrected chi connectivity index (χ4v) is 1.17. The second-order valence-electron chi connectivity index (χ2n) is 3.31. The molecule has 4 nitrogen and oxygen atoms in total. The van der Waals surface area contributed by atoms with Crippen molar-refractivity contribution >= 4 is 6.29 Å². The summed E-state index contributed by atoms with van der Waals surface area (Å²) in [5.41, 5.74) is 1.45. The minimum atomic E-state index is 0.288. The van der Waals surface area contributed by atoms with E-state index in [0.29, 0.717) is 17.9 Å². The summed E-state index contributed by atoms with van der Waals surface area (Å²) in [6.07, 6.45) is 3.43. The second-order valence-corrected chi connectivity index (χ2v) is 3.31. The Bertz CT molecular complexity index is 477. The normalized spacial score (nSPS) is 9.81. The number of ether oxygens (including phenoxy) is 1. The molecule has 4 heteroatoms. The molecule has 0 bridgehead atoms. The minimum absolute atomic E-state index is 0.288. The van der Waals surface area contributed by atoms with Crippen molar-refractivity contribution in [2.24, 2.45) is 0 Å². The monoisotopic (exact) mass is 214 g/mol. The van der Waals surface area contributed by atoms with E-state index in [1.165, 1.54) is 12.4 Å². The number of aldehydes is 1. The maximum Gasteiger partial charge on any atom is 0.237 e. The number of nitrogens with zero attached hydrogens (tertiary/aromatic N) is 2. The summed E-state index contributed by atoms with van der Waals surface area (Å²) in [6.45, 7) is 2.00. The van der Waals surface area contributed by atoms with Gasteiger partial charge in [-0.2, -0.15) is 0 Å². The van der Waals surface area contributed by atoms with Crippen LogP contribution in [0.3, 0.4) is 0 Å². The molecule has 0 spiro atoms. The first kappa shape index (κ1) is 10.3. The third-order valence-corrected chi connectivity index (χ3v) is 2.01. The lowest BCUT2D eigenvalue weighted by Gasteiger charge is -2.03. The van der Waals surface area contributed by atoms with Crippen LogP contribution >= 0.6 is 0 Å². The Morgan fingerprint density at radius 2 is 1.88 bits per heavy atom. The third kappa shape index (κ3) is 2.42. The van der Waals surface area contributed by atoms with Gasteiger partial charge >= 0.3 is 0 Å². The highest BCUT2D eigenvalue weighted by Crippen LogP contribution is 2.18. The van der Waals surface area contributed by atoms with Gasteiger partial charge in [-0.15, -0.1) is 0 Å². The number of carbonyl (C=O) groups is 1. The molecule has 0 aliphatic carbocycles. The van der Waals surface area contributed by atoms with Crippen LogP contribution < -0.4 is 4.74 Å². The summed E-state index contributed by atoms with van der Waals surface area (Å²) in [4.78, 5) is 18.2. The average Bonchev–Trinajstić information content (AvgIpc) is 2.33. The highest BCUT2D eigenvalue weighted by atomic mass is 16.5. The molecule has 0 atom stereocenters. The van der Waals surface area contributed by atoms with Crippen molar-refractivity contribution in [1.82, 2.24) is 9.97 Å². The first-order valence-electron chi connectivity index (χ1n) is 4.79. The molecule has 0 saturated heterocycles. The van der Waals surface area contributed by atoms with Crippen LogP contribution in [0.2, 0.25) is 0 Å². The predicted molar refractivity (Wildman–Crippen MR) is 58.7 cm³/mol. The molecule has 0 radical (unpaired) electrons. The fraction of sp³-hybridized carbons (Fsp3) is 0.0833. The summed E-state index contributed by atoms with van der Waals surface area (Å²) >= 11 is 0. The number of aryl methyl sites for hydroxylation is 1. The topological polar surface area (TPSA) is 52.1 Å². The number of hydrogen-bond acceptors (Lipinski definition) is 4. The summed E-state index contributed by atoms with van der Waals surface area (Å²) in [5.74, 6) is 1.06. The van der Waals surface area contributed by atoms with E-state index in [9.17, 15) is 4.79 Å². The van der Waals surface area contributed by atoms with E-state index >= 15 is 0 Å². The highest BCUT2D eigenvalue weighted by Gasteiger charge is 1.99. The molecule has 1 heterocycles. The quantitative estimate of drug-likeness (QED) is 0.736. The maximum absolute atomic E-state index is 10.4. The van der Waals surface area contributed by atoms with Gasteiger partial charge in [0.25, 0.3) is 0 Å². The summed E-state index contributed by atoms with van der Waals surface area (Å²) in [6, 6.07) is 7.60. The van der Waals surface area contributed by atoms with Crippen molar-refractivity contribution in [2.45, 2.75) is 6.92 Å². The molecule has 1 aromatic carbocycles. The predicted octanol–water partition coefficient (Wildman–Crippen LogP) is 2.39. The van der Waals surface area contributed by atoms with Gasteiger partial charge in [0, 0.05) is 0 Å². The SMILES string of the molecule is Cc1ccc(Oc2cnc(C=O)cn2)cc1. The van der Waals surface area contributed by atoms with Crippen LogP contribution in [0.4, 0.5) is 0 Å². The number of carbonyl (C=O) groups excluding carboxylic acids is 1. The molecule has 0 fully saturated rings. The van der Waals surface area contributed by atoms with E-state index in [0.717, 1.165) is 5.56 Å². The third-order valence-electron chi connectivity index (χ3n) is 2.01. The smallest absolute Gasteiger partial charge is 0.237 e. The van der Waals surface area contributed by atoms with Gasteiger partial charge in [0.05, 0.1) is 12.4 Å². The van der Waals surface area contributed by atoms with E-state index < -0.39 is 0 Å². The Labute approximate surface area is 92.9 Å². The molecule has 2 rings (SSSR count). The Morgan fingerprint density at radius 1 is 1.12 bits per heavy atom. The first-order chi connectivity index (χ1) is 7.78. The Balaban J connectivity index is 2.14. The Hall–Kier alpha value is -2.23. The van der Waals surface area contributed by atoms with E-state index in [2.05, 4.69) is 9.97 Å². The average molecular weight is 214 g/mol. The molecule has 16 heavy (non-hydrogen) atoms. The maximum atomic E-state index is 10.4. The van der Waals surface area contributed by atoms with Crippen LogP contribution in [0.1, 0.15) is 16.1 Å². The van der Waals surface area contributed by atoms with Crippen LogP contribution in [0.15, 0.2) is 36.7 Å². The van der Waals surface area contributed by atoms with Crippen LogP contribution in [-0.4, -0.2) is 16.3 Å². The zero-order valence-electron chi connectivity index (χ0n) is 8.75. The molecule has 80 valence electrons.